The van der Waals surface area contributed by atoms with Crippen LogP contribution in [0.5, 0.6) is 0 Å². The molecule has 0 amide bonds. The highest BCUT2D eigenvalue weighted by Gasteiger charge is 2.13. The summed E-state index contributed by atoms with van der Waals surface area (Å²) < 4.78 is 5.68. The number of nitrogens with zero attached hydrogens (tertiary/aromatic N) is 1. The fourth-order valence-corrected chi connectivity index (χ4v) is 3.00. The second-order valence-electron chi connectivity index (χ2n) is 6.82. The SMILES string of the molecule is CCCN(Cc1cc(C)ccc1C)CC(O)COCc1ccccc1. The van der Waals surface area contributed by atoms with Crippen molar-refractivity contribution in [2.75, 3.05) is 19.7 Å². The maximum Gasteiger partial charge on any atom is 0.0900 e. The first-order chi connectivity index (χ1) is 12.1. The fourth-order valence-electron chi connectivity index (χ4n) is 3.00. The van der Waals surface area contributed by atoms with Crippen molar-refractivity contribution in [1.82, 2.24) is 4.90 Å². The van der Waals surface area contributed by atoms with Crippen LogP contribution in [0.2, 0.25) is 0 Å². The molecule has 0 radical (unpaired) electrons. The van der Waals surface area contributed by atoms with Crippen LogP contribution in [0.3, 0.4) is 0 Å². The van der Waals surface area contributed by atoms with Crippen LogP contribution >= 0.6 is 0 Å². The summed E-state index contributed by atoms with van der Waals surface area (Å²) in [4.78, 5) is 2.32. The van der Waals surface area contributed by atoms with E-state index < -0.39 is 6.10 Å². The maximum atomic E-state index is 10.4. The fraction of sp³-hybridized carbons (Fsp3) is 0.455. The van der Waals surface area contributed by atoms with Gasteiger partial charge in [0.15, 0.2) is 0 Å². The first-order valence-electron chi connectivity index (χ1n) is 9.16. The number of hydrogen-bond donors (Lipinski definition) is 1. The molecule has 0 fully saturated rings. The Hall–Kier alpha value is -1.68. The van der Waals surface area contributed by atoms with E-state index in [1.54, 1.807) is 0 Å². The van der Waals surface area contributed by atoms with Crippen molar-refractivity contribution in [1.29, 1.82) is 0 Å². The predicted octanol–water partition coefficient (Wildman–Crippen LogP) is 4.09. The van der Waals surface area contributed by atoms with E-state index in [1.165, 1.54) is 16.7 Å². The van der Waals surface area contributed by atoms with Crippen molar-refractivity contribution in [3.63, 3.8) is 0 Å². The molecule has 2 rings (SSSR count). The Bertz CT molecular complexity index is 627. The first kappa shape index (κ1) is 19.6. The molecule has 0 bridgehead atoms. The lowest BCUT2D eigenvalue weighted by Gasteiger charge is -2.25. The molecule has 0 heterocycles. The smallest absolute Gasteiger partial charge is 0.0900 e. The Morgan fingerprint density at radius 1 is 1.08 bits per heavy atom. The van der Waals surface area contributed by atoms with Gasteiger partial charge >= 0.3 is 0 Å². The van der Waals surface area contributed by atoms with E-state index in [4.69, 9.17) is 4.74 Å². The third-order valence-electron chi connectivity index (χ3n) is 4.33. The molecule has 136 valence electrons. The van der Waals surface area contributed by atoms with Crippen LogP contribution in [0.1, 0.15) is 35.6 Å². The van der Waals surface area contributed by atoms with E-state index in [1.807, 2.05) is 30.3 Å². The van der Waals surface area contributed by atoms with Gasteiger partial charge in [0.05, 0.1) is 19.3 Å². The van der Waals surface area contributed by atoms with Gasteiger partial charge in [-0.3, -0.25) is 4.90 Å². The Kier molecular flexibility index (Phi) is 8.13. The standard InChI is InChI=1S/C22H31NO2/c1-4-12-23(14-21-13-18(2)10-11-19(21)3)15-22(24)17-25-16-20-8-6-5-7-9-20/h5-11,13,22,24H,4,12,14-17H2,1-3H3. The van der Waals surface area contributed by atoms with Crippen LogP contribution in [0.15, 0.2) is 48.5 Å². The Morgan fingerprint density at radius 2 is 1.84 bits per heavy atom. The van der Waals surface area contributed by atoms with Gasteiger partial charge in [-0.2, -0.15) is 0 Å². The molecule has 0 aromatic heterocycles. The number of aliphatic hydroxyl groups excluding tert-OH is 1. The summed E-state index contributed by atoms with van der Waals surface area (Å²) >= 11 is 0. The molecule has 0 saturated heterocycles. The van der Waals surface area contributed by atoms with Gasteiger partial charge in [0, 0.05) is 13.1 Å². The number of aryl methyl sites for hydroxylation is 2. The van der Waals surface area contributed by atoms with Crippen molar-refractivity contribution in [3.8, 4) is 0 Å². The Morgan fingerprint density at radius 3 is 2.56 bits per heavy atom. The van der Waals surface area contributed by atoms with E-state index in [0.29, 0.717) is 19.8 Å². The lowest BCUT2D eigenvalue weighted by atomic mass is 10.0. The third-order valence-corrected chi connectivity index (χ3v) is 4.33. The maximum absolute atomic E-state index is 10.4. The molecule has 0 aliphatic rings. The van der Waals surface area contributed by atoms with Gasteiger partial charge in [0.25, 0.3) is 0 Å². The molecule has 1 unspecified atom stereocenters. The molecule has 1 N–H and O–H groups in total. The van der Waals surface area contributed by atoms with Crippen molar-refractivity contribution >= 4 is 0 Å². The number of ether oxygens (including phenoxy) is 1. The molecule has 3 nitrogen and oxygen atoms in total. The van der Waals surface area contributed by atoms with Gasteiger partial charge in [-0.1, -0.05) is 61.0 Å². The summed E-state index contributed by atoms with van der Waals surface area (Å²) in [6, 6.07) is 16.6. The summed E-state index contributed by atoms with van der Waals surface area (Å²) in [5.74, 6) is 0. The second-order valence-corrected chi connectivity index (χ2v) is 6.82. The van der Waals surface area contributed by atoms with Crippen LogP contribution < -0.4 is 0 Å². The molecule has 2 aromatic rings. The van der Waals surface area contributed by atoms with Crippen LogP contribution in [0.25, 0.3) is 0 Å². The van der Waals surface area contributed by atoms with Crippen molar-refractivity contribution in [3.05, 3.63) is 70.8 Å². The van der Waals surface area contributed by atoms with Crippen molar-refractivity contribution in [2.24, 2.45) is 0 Å². The average Bonchev–Trinajstić information content (AvgIpc) is 2.59. The zero-order chi connectivity index (χ0) is 18.1. The molecule has 0 aliphatic heterocycles. The molecular formula is C22H31NO2. The number of rotatable bonds is 10. The van der Waals surface area contributed by atoms with Crippen LogP contribution in [-0.4, -0.2) is 35.8 Å². The molecular weight excluding hydrogens is 310 g/mol. The Balaban J connectivity index is 1.84. The summed E-state index contributed by atoms with van der Waals surface area (Å²) in [5.41, 5.74) is 5.06. The minimum Gasteiger partial charge on any atom is -0.389 e. The van der Waals surface area contributed by atoms with E-state index in [0.717, 1.165) is 25.1 Å². The molecule has 25 heavy (non-hydrogen) atoms. The summed E-state index contributed by atoms with van der Waals surface area (Å²) in [6.07, 6.45) is 0.600. The number of benzene rings is 2. The molecule has 0 saturated carbocycles. The monoisotopic (exact) mass is 341 g/mol. The summed E-state index contributed by atoms with van der Waals surface area (Å²) in [6.45, 7) is 9.84. The quantitative estimate of drug-likeness (QED) is 0.706. The van der Waals surface area contributed by atoms with E-state index in [2.05, 4.69) is 43.9 Å². The highest BCUT2D eigenvalue weighted by atomic mass is 16.5. The lowest BCUT2D eigenvalue weighted by molar-refractivity contribution is 0.00853. The Labute approximate surface area is 152 Å². The topological polar surface area (TPSA) is 32.7 Å². The van der Waals surface area contributed by atoms with Gasteiger partial charge in [0.1, 0.15) is 0 Å². The normalized spacial score (nSPS) is 12.5. The minimum atomic E-state index is -0.472. The molecule has 0 spiro atoms. The number of hydrogen-bond acceptors (Lipinski definition) is 3. The van der Waals surface area contributed by atoms with Gasteiger partial charge in [-0.15, -0.1) is 0 Å². The average molecular weight is 341 g/mol. The molecule has 3 heteroatoms. The van der Waals surface area contributed by atoms with Gasteiger partial charge in [0.2, 0.25) is 0 Å². The van der Waals surface area contributed by atoms with E-state index in [9.17, 15) is 5.11 Å². The highest BCUT2D eigenvalue weighted by Crippen LogP contribution is 2.14. The largest absolute Gasteiger partial charge is 0.389 e. The van der Waals surface area contributed by atoms with Gasteiger partial charge < -0.3 is 9.84 Å². The summed E-state index contributed by atoms with van der Waals surface area (Å²) in [5, 5.41) is 10.4. The zero-order valence-electron chi connectivity index (χ0n) is 15.7. The second kappa shape index (κ2) is 10.3. The summed E-state index contributed by atoms with van der Waals surface area (Å²) in [7, 11) is 0. The highest BCUT2D eigenvalue weighted by molar-refractivity contribution is 5.30. The van der Waals surface area contributed by atoms with Crippen LogP contribution in [0, 0.1) is 13.8 Å². The lowest BCUT2D eigenvalue weighted by Crippen LogP contribution is -2.35. The van der Waals surface area contributed by atoms with Crippen molar-refractivity contribution in [2.45, 2.75) is 46.4 Å². The first-order valence-corrected chi connectivity index (χ1v) is 9.16. The molecule has 0 aliphatic carbocycles. The number of aliphatic hydroxyl groups is 1. The van der Waals surface area contributed by atoms with Crippen molar-refractivity contribution < 1.29 is 9.84 Å². The van der Waals surface area contributed by atoms with Crippen LogP contribution in [-0.2, 0) is 17.9 Å². The van der Waals surface area contributed by atoms with Crippen LogP contribution in [0.4, 0.5) is 0 Å². The van der Waals surface area contributed by atoms with E-state index >= 15 is 0 Å². The third kappa shape index (κ3) is 6.99. The molecule has 2 aromatic carbocycles. The van der Waals surface area contributed by atoms with Gasteiger partial charge in [-0.05, 0) is 43.5 Å². The predicted molar refractivity (Wildman–Crippen MR) is 104 cm³/mol. The van der Waals surface area contributed by atoms with E-state index in [-0.39, 0.29) is 0 Å². The van der Waals surface area contributed by atoms with Gasteiger partial charge in [-0.25, -0.2) is 0 Å². The molecule has 1 atom stereocenters. The minimum absolute atomic E-state index is 0.363. The zero-order valence-corrected chi connectivity index (χ0v) is 15.7.